The quantitative estimate of drug-likeness (QED) is 0.546. The summed E-state index contributed by atoms with van der Waals surface area (Å²) in [6, 6.07) is 15.6. The van der Waals surface area contributed by atoms with Crippen LogP contribution in [-0.2, 0) is 6.54 Å². The SMILES string of the molecule is CC(C)Oc1c(OC(=O)NC2CC3CCC(C2)N3Cc2ccccc2)sc2ncccc12. The molecule has 1 N–H and O–H groups in total. The summed E-state index contributed by atoms with van der Waals surface area (Å²) in [6.07, 6.45) is 5.61. The van der Waals surface area contributed by atoms with Gasteiger partial charge in [0.25, 0.3) is 0 Å². The summed E-state index contributed by atoms with van der Waals surface area (Å²) < 4.78 is 11.7. The maximum atomic E-state index is 12.8. The van der Waals surface area contributed by atoms with Gasteiger partial charge in [0, 0.05) is 30.9 Å². The monoisotopic (exact) mass is 451 g/mol. The maximum Gasteiger partial charge on any atom is 0.413 e. The zero-order valence-electron chi connectivity index (χ0n) is 18.5. The summed E-state index contributed by atoms with van der Waals surface area (Å²) in [5.41, 5.74) is 1.35. The summed E-state index contributed by atoms with van der Waals surface area (Å²) in [5.74, 6) is 0.598. The van der Waals surface area contributed by atoms with Gasteiger partial charge in [0.05, 0.1) is 11.5 Å². The van der Waals surface area contributed by atoms with Crippen LogP contribution in [0.15, 0.2) is 48.7 Å². The Kier molecular flexibility index (Phi) is 6.02. The molecule has 2 saturated heterocycles. The number of rotatable bonds is 6. The number of amides is 1. The molecule has 1 amide bonds. The smallest absolute Gasteiger partial charge is 0.413 e. The highest BCUT2D eigenvalue weighted by molar-refractivity contribution is 7.20. The van der Waals surface area contributed by atoms with Crippen molar-refractivity contribution in [3.8, 4) is 10.8 Å². The van der Waals surface area contributed by atoms with E-state index in [1.165, 1.54) is 29.7 Å². The van der Waals surface area contributed by atoms with E-state index in [0.29, 0.717) is 22.9 Å². The molecule has 168 valence electrons. The van der Waals surface area contributed by atoms with Gasteiger partial charge in [0.2, 0.25) is 5.06 Å². The number of benzene rings is 1. The molecule has 2 aromatic heterocycles. The molecule has 0 saturated carbocycles. The van der Waals surface area contributed by atoms with Crippen molar-refractivity contribution in [1.82, 2.24) is 15.2 Å². The fraction of sp³-hybridized carbons (Fsp3) is 0.440. The minimum Gasteiger partial charge on any atom is -0.485 e. The molecule has 0 aliphatic carbocycles. The van der Waals surface area contributed by atoms with E-state index >= 15 is 0 Å². The van der Waals surface area contributed by atoms with Crippen molar-refractivity contribution in [2.45, 2.75) is 70.3 Å². The van der Waals surface area contributed by atoms with E-state index in [1.54, 1.807) is 6.20 Å². The van der Waals surface area contributed by atoms with Gasteiger partial charge in [-0.3, -0.25) is 4.90 Å². The molecule has 3 aromatic rings. The predicted octanol–water partition coefficient (Wildman–Crippen LogP) is 5.37. The number of fused-ring (bicyclic) bond motifs is 3. The van der Waals surface area contributed by atoms with E-state index in [4.69, 9.17) is 9.47 Å². The standard InChI is InChI=1S/C25H29N3O3S/c1-16(2)30-22-21-9-6-12-26-23(21)32-24(22)31-25(29)27-18-13-19-10-11-20(14-18)28(19)15-17-7-4-3-5-8-17/h3-9,12,16,18-20H,10-11,13-15H2,1-2H3,(H,27,29). The van der Waals surface area contributed by atoms with Gasteiger partial charge >= 0.3 is 6.09 Å². The number of ether oxygens (including phenoxy) is 2. The molecule has 4 heterocycles. The molecule has 2 fully saturated rings. The van der Waals surface area contributed by atoms with Crippen LogP contribution in [0.25, 0.3) is 10.2 Å². The number of hydrogen-bond acceptors (Lipinski definition) is 6. The Morgan fingerprint density at radius 2 is 1.91 bits per heavy atom. The van der Waals surface area contributed by atoms with Gasteiger partial charge in [-0.05, 0) is 57.2 Å². The van der Waals surface area contributed by atoms with Crippen LogP contribution in [0.5, 0.6) is 10.8 Å². The second-order valence-electron chi connectivity index (χ2n) is 8.99. The van der Waals surface area contributed by atoms with Gasteiger partial charge in [-0.15, -0.1) is 0 Å². The summed E-state index contributed by atoms with van der Waals surface area (Å²) in [4.78, 5) is 20.6. The molecule has 2 bridgehead atoms. The van der Waals surface area contributed by atoms with E-state index in [9.17, 15) is 4.79 Å². The first kappa shape index (κ1) is 21.2. The van der Waals surface area contributed by atoms with Crippen LogP contribution in [0.3, 0.4) is 0 Å². The zero-order valence-corrected chi connectivity index (χ0v) is 19.3. The molecule has 0 spiro atoms. The average molecular weight is 452 g/mol. The molecule has 2 aliphatic heterocycles. The van der Waals surface area contributed by atoms with Crippen LogP contribution >= 0.6 is 11.3 Å². The first-order chi connectivity index (χ1) is 15.6. The van der Waals surface area contributed by atoms with Crippen molar-refractivity contribution >= 4 is 27.6 Å². The van der Waals surface area contributed by atoms with Crippen molar-refractivity contribution in [1.29, 1.82) is 0 Å². The fourth-order valence-corrected chi connectivity index (χ4v) is 5.96. The second kappa shape index (κ2) is 9.08. The lowest BCUT2D eigenvalue weighted by Crippen LogP contribution is -2.50. The van der Waals surface area contributed by atoms with Crippen LogP contribution in [0.1, 0.15) is 45.1 Å². The molecule has 0 radical (unpaired) electrons. The molecule has 5 rings (SSSR count). The van der Waals surface area contributed by atoms with Crippen molar-refractivity contribution in [2.24, 2.45) is 0 Å². The molecule has 1 aromatic carbocycles. The molecule has 6 nitrogen and oxygen atoms in total. The highest BCUT2D eigenvalue weighted by atomic mass is 32.1. The number of aromatic nitrogens is 1. The van der Waals surface area contributed by atoms with Gasteiger partial charge in [0.1, 0.15) is 4.83 Å². The molecule has 32 heavy (non-hydrogen) atoms. The van der Waals surface area contributed by atoms with Crippen molar-refractivity contribution < 1.29 is 14.3 Å². The fourth-order valence-electron chi connectivity index (χ4n) is 5.03. The number of nitrogens with zero attached hydrogens (tertiary/aromatic N) is 2. The van der Waals surface area contributed by atoms with Crippen molar-refractivity contribution in [2.75, 3.05) is 0 Å². The first-order valence-electron chi connectivity index (χ1n) is 11.4. The van der Waals surface area contributed by atoms with Crippen molar-refractivity contribution in [3.63, 3.8) is 0 Å². The molecular weight excluding hydrogens is 422 g/mol. The minimum absolute atomic E-state index is 0.0250. The summed E-state index contributed by atoms with van der Waals surface area (Å²) in [6.45, 7) is 4.91. The Morgan fingerprint density at radius 1 is 1.16 bits per heavy atom. The minimum atomic E-state index is -0.411. The van der Waals surface area contributed by atoms with E-state index in [-0.39, 0.29) is 12.1 Å². The second-order valence-corrected chi connectivity index (χ2v) is 9.95. The van der Waals surface area contributed by atoms with Gasteiger partial charge < -0.3 is 14.8 Å². The third-order valence-corrected chi connectivity index (χ3v) is 7.32. The van der Waals surface area contributed by atoms with Crippen LogP contribution in [-0.4, -0.2) is 40.2 Å². The van der Waals surface area contributed by atoms with Crippen LogP contribution in [0.2, 0.25) is 0 Å². The lowest BCUT2D eigenvalue weighted by Gasteiger charge is -2.39. The summed E-state index contributed by atoms with van der Waals surface area (Å²) in [7, 11) is 0. The van der Waals surface area contributed by atoms with E-state index in [0.717, 1.165) is 29.6 Å². The van der Waals surface area contributed by atoms with Gasteiger partial charge in [0.15, 0.2) is 5.75 Å². The first-order valence-corrected chi connectivity index (χ1v) is 12.2. The Hall–Kier alpha value is -2.64. The van der Waals surface area contributed by atoms with Crippen LogP contribution in [0, 0.1) is 0 Å². The largest absolute Gasteiger partial charge is 0.485 e. The Labute approximate surface area is 192 Å². The number of carbonyl (C=O) groups excluding carboxylic acids is 1. The number of thiophene rings is 1. The summed E-state index contributed by atoms with van der Waals surface area (Å²) >= 11 is 1.34. The summed E-state index contributed by atoms with van der Waals surface area (Å²) in [5, 5.41) is 4.46. The number of hydrogen-bond donors (Lipinski definition) is 1. The van der Waals surface area contributed by atoms with E-state index in [2.05, 4.69) is 45.5 Å². The molecular formula is C25H29N3O3S. The highest BCUT2D eigenvalue weighted by Crippen LogP contribution is 2.44. The molecule has 2 unspecified atom stereocenters. The van der Waals surface area contributed by atoms with Gasteiger partial charge in [-0.1, -0.05) is 41.7 Å². The van der Waals surface area contributed by atoms with Crippen molar-refractivity contribution in [3.05, 3.63) is 54.2 Å². The Bertz CT molecular complexity index is 1070. The van der Waals surface area contributed by atoms with Gasteiger partial charge in [-0.25, -0.2) is 9.78 Å². The Balaban J connectivity index is 1.23. The lowest BCUT2D eigenvalue weighted by atomic mass is 9.96. The van der Waals surface area contributed by atoms with Crippen LogP contribution < -0.4 is 14.8 Å². The van der Waals surface area contributed by atoms with Crippen LogP contribution in [0.4, 0.5) is 4.79 Å². The van der Waals surface area contributed by atoms with E-state index in [1.807, 2.05) is 26.0 Å². The maximum absolute atomic E-state index is 12.8. The number of pyridine rings is 1. The van der Waals surface area contributed by atoms with Gasteiger partial charge in [-0.2, -0.15) is 0 Å². The molecule has 7 heteroatoms. The third kappa shape index (κ3) is 4.45. The normalized spacial score (nSPS) is 22.9. The van der Waals surface area contributed by atoms with E-state index < -0.39 is 6.09 Å². The molecule has 2 atom stereocenters. The lowest BCUT2D eigenvalue weighted by molar-refractivity contribution is 0.107. The average Bonchev–Trinajstić information content (AvgIpc) is 3.21. The third-order valence-electron chi connectivity index (χ3n) is 6.34. The number of piperidine rings is 1. The number of nitrogens with one attached hydrogen (secondary N) is 1. The number of carbonyl (C=O) groups is 1. The Morgan fingerprint density at radius 3 is 2.62 bits per heavy atom. The predicted molar refractivity (Wildman–Crippen MR) is 126 cm³/mol. The molecule has 2 aliphatic rings. The highest BCUT2D eigenvalue weighted by Gasteiger charge is 2.41. The zero-order chi connectivity index (χ0) is 22.1. The topological polar surface area (TPSA) is 63.7 Å².